The van der Waals surface area contributed by atoms with E-state index in [1.165, 1.54) is 0 Å². The number of thioether (sulfide) groups is 1. The fourth-order valence-electron chi connectivity index (χ4n) is 1.48. The van der Waals surface area contributed by atoms with Gasteiger partial charge < -0.3 is 10.2 Å². The summed E-state index contributed by atoms with van der Waals surface area (Å²) in [7, 11) is 0. The third-order valence-corrected chi connectivity index (χ3v) is 3.46. The summed E-state index contributed by atoms with van der Waals surface area (Å²) in [6.45, 7) is 4.30. The third kappa shape index (κ3) is 3.74. The van der Waals surface area contributed by atoms with Crippen molar-refractivity contribution in [1.82, 2.24) is 10.2 Å². The van der Waals surface area contributed by atoms with Crippen LogP contribution < -0.4 is 5.32 Å². The molecule has 0 radical (unpaired) electrons. The Balaban J connectivity index is 2.31. The number of nitrogens with one attached hydrogen (secondary N) is 1. The fraction of sp³-hybridized carbons (Fsp3) is 0.800. The van der Waals surface area contributed by atoms with E-state index in [1.54, 1.807) is 16.7 Å². The molecule has 0 unspecified atom stereocenters. The van der Waals surface area contributed by atoms with Crippen LogP contribution in [0.1, 0.15) is 26.7 Å². The van der Waals surface area contributed by atoms with Crippen LogP contribution in [0.2, 0.25) is 0 Å². The number of hydrogen-bond acceptors (Lipinski definition) is 3. The molecule has 1 fully saturated rings. The van der Waals surface area contributed by atoms with Crippen molar-refractivity contribution < 1.29 is 9.59 Å². The van der Waals surface area contributed by atoms with Gasteiger partial charge in [0.2, 0.25) is 11.8 Å². The number of carbonyl (C=O) groups is 2. The minimum absolute atomic E-state index is 0.0421. The van der Waals surface area contributed by atoms with E-state index in [1.807, 2.05) is 13.8 Å². The largest absolute Gasteiger partial charge is 0.352 e. The minimum atomic E-state index is -0.0421. The Bertz CT molecular complexity index is 242. The quantitative estimate of drug-likeness (QED) is 0.761. The average molecular weight is 230 g/mol. The molecule has 1 rings (SSSR count). The first-order valence-corrected chi connectivity index (χ1v) is 6.47. The second-order valence-corrected chi connectivity index (χ2v) is 4.61. The SMILES string of the molecule is CCC(CC)NC(=O)CN1CSCC1=O. The van der Waals surface area contributed by atoms with Crippen LogP contribution in [0.15, 0.2) is 0 Å². The Labute approximate surface area is 94.8 Å². The van der Waals surface area contributed by atoms with Gasteiger partial charge in [-0.1, -0.05) is 13.8 Å². The van der Waals surface area contributed by atoms with Crippen molar-refractivity contribution in [1.29, 1.82) is 0 Å². The Kier molecular flexibility index (Phi) is 4.94. The van der Waals surface area contributed by atoms with Crippen LogP contribution in [-0.2, 0) is 9.59 Å². The molecule has 0 aromatic heterocycles. The van der Waals surface area contributed by atoms with Gasteiger partial charge in [0.05, 0.1) is 11.6 Å². The molecule has 0 aromatic rings. The number of amides is 2. The molecular weight excluding hydrogens is 212 g/mol. The molecule has 0 atom stereocenters. The molecule has 5 heteroatoms. The highest BCUT2D eigenvalue weighted by Gasteiger charge is 2.23. The first-order chi connectivity index (χ1) is 7.17. The summed E-state index contributed by atoms with van der Waals surface area (Å²) in [6, 6.07) is 0.239. The van der Waals surface area contributed by atoms with Gasteiger partial charge in [0.1, 0.15) is 6.54 Å². The average Bonchev–Trinajstić information content (AvgIpc) is 2.61. The molecular formula is C10H18N2O2S. The van der Waals surface area contributed by atoms with Crippen molar-refractivity contribution >= 4 is 23.6 Å². The molecule has 4 nitrogen and oxygen atoms in total. The summed E-state index contributed by atoms with van der Waals surface area (Å²) < 4.78 is 0. The summed E-state index contributed by atoms with van der Waals surface area (Å²) in [5.41, 5.74) is 0. The van der Waals surface area contributed by atoms with Crippen molar-refractivity contribution in [2.45, 2.75) is 32.7 Å². The van der Waals surface area contributed by atoms with Gasteiger partial charge in [-0.2, -0.15) is 0 Å². The molecule has 1 saturated heterocycles. The summed E-state index contributed by atoms with van der Waals surface area (Å²) in [5, 5.41) is 2.92. The van der Waals surface area contributed by atoms with Gasteiger partial charge in [-0.15, -0.1) is 11.8 Å². The van der Waals surface area contributed by atoms with Gasteiger partial charge >= 0.3 is 0 Å². The molecule has 1 N–H and O–H groups in total. The first kappa shape index (κ1) is 12.4. The van der Waals surface area contributed by atoms with E-state index in [0.717, 1.165) is 12.8 Å². The van der Waals surface area contributed by atoms with Crippen LogP contribution in [0.5, 0.6) is 0 Å². The maximum Gasteiger partial charge on any atom is 0.239 e. The van der Waals surface area contributed by atoms with E-state index in [-0.39, 0.29) is 24.4 Å². The fourth-order valence-corrected chi connectivity index (χ4v) is 2.38. The number of nitrogens with zero attached hydrogens (tertiary/aromatic N) is 1. The normalized spacial score (nSPS) is 16.2. The number of rotatable bonds is 5. The number of hydrogen-bond donors (Lipinski definition) is 1. The molecule has 0 aliphatic carbocycles. The third-order valence-electron chi connectivity index (χ3n) is 2.51. The molecule has 0 aromatic carbocycles. The number of carbonyl (C=O) groups excluding carboxylic acids is 2. The standard InChI is InChI=1S/C10H18N2O2S/c1-3-8(4-2)11-9(13)5-12-7-15-6-10(12)14/h8H,3-7H2,1-2H3,(H,11,13). The van der Waals surface area contributed by atoms with Crippen molar-refractivity contribution in [3.8, 4) is 0 Å². The molecule has 1 aliphatic heterocycles. The van der Waals surface area contributed by atoms with E-state index < -0.39 is 0 Å². The lowest BCUT2D eigenvalue weighted by Crippen LogP contribution is -2.42. The van der Waals surface area contributed by atoms with Gasteiger partial charge in [-0.25, -0.2) is 0 Å². The lowest BCUT2D eigenvalue weighted by Gasteiger charge is -2.18. The molecule has 1 heterocycles. The molecule has 86 valence electrons. The van der Waals surface area contributed by atoms with Gasteiger partial charge in [0.15, 0.2) is 0 Å². The summed E-state index contributed by atoms with van der Waals surface area (Å²) >= 11 is 1.56. The zero-order chi connectivity index (χ0) is 11.3. The monoisotopic (exact) mass is 230 g/mol. The zero-order valence-corrected chi connectivity index (χ0v) is 10.1. The Morgan fingerprint density at radius 1 is 1.53 bits per heavy atom. The predicted octanol–water partition coefficient (Wildman–Crippen LogP) is 0.824. The molecule has 0 saturated carbocycles. The lowest BCUT2D eigenvalue weighted by atomic mass is 10.2. The highest BCUT2D eigenvalue weighted by atomic mass is 32.2. The smallest absolute Gasteiger partial charge is 0.239 e. The lowest BCUT2D eigenvalue weighted by molar-refractivity contribution is -0.132. The van der Waals surface area contributed by atoms with E-state index in [4.69, 9.17) is 0 Å². The summed E-state index contributed by atoms with van der Waals surface area (Å²) in [4.78, 5) is 24.4. The van der Waals surface area contributed by atoms with Crippen molar-refractivity contribution in [3.05, 3.63) is 0 Å². The van der Waals surface area contributed by atoms with Gasteiger partial charge in [0, 0.05) is 6.04 Å². The van der Waals surface area contributed by atoms with Crippen LogP contribution in [0, 0.1) is 0 Å². The molecule has 2 amide bonds. The maximum absolute atomic E-state index is 11.6. The highest BCUT2D eigenvalue weighted by molar-refractivity contribution is 8.00. The molecule has 1 aliphatic rings. The van der Waals surface area contributed by atoms with Crippen LogP contribution in [-0.4, -0.2) is 40.9 Å². The predicted molar refractivity (Wildman–Crippen MR) is 61.6 cm³/mol. The maximum atomic E-state index is 11.6. The van der Waals surface area contributed by atoms with E-state index >= 15 is 0 Å². The molecule has 0 spiro atoms. The van der Waals surface area contributed by atoms with E-state index in [0.29, 0.717) is 11.6 Å². The van der Waals surface area contributed by atoms with E-state index in [2.05, 4.69) is 5.32 Å². The molecule has 15 heavy (non-hydrogen) atoms. The first-order valence-electron chi connectivity index (χ1n) is 5.32. The van der Waals surface area contributed by atoms with Crippen LogP contribution in [0.3, 0.4) is 0 Å². The topological polar surface area (TPSA) is 49.4 Å². The van der Waals surface area contributed by atoms with Crippen molar-refractivity contribution in [2.75, 3.05) is 18.2 Å². The van der Waals surface area contributed by atoms with Crippen LogP contribution in [0.4, 0.5) is 0 Å². The van der Waals surface area contributed by atoms with Crippen LogP contribution in [0.25, 0.3) is 0 Å². The Morgan fingerprint density at radius 3 is 2.67 bits per heavy atom. The summed E-state index contributed by atoms with van der Waals surface area (Å²) in [6.07, 6.45) is 1.87. The van der Waals surface area contributed by atoms with E-state index in [9.17, 15) is 9.59 Å². The Hall–Kier alpha value is -0.710. The zero-order valence-electron chi connectivity index (χ0n) is 9.28. The van der Waals surface area contributed by atoms with Gasteiger partial charge in [0.25, 0.3) is 0 Å². The second-order valence-electron chi connectivity index (χ2n) is 3.65. The van der Waals surface area contributed by atoms with Crippen molar-refractivity contribution in [2.24, 2.45) is 0 Å². The van der Waals surface area contributed by atoms with Gasteiger partial charge in [-0.05, 0) is 12.8 Å². The molecule has 0 bridgehead atoms. The van der Waals surface area contributed by atoms with Crippen molar-refractivity contribution in [3.63, 3.8) is 0 Å². The van der Waals surface area contributed by atoms with Crippen LogP contribution >= 0.6 is 11.8 Å². The Morgan fingerprint density at radius 2 is 2.20 bits per heavy atom. The minimum Gasteiger partial charge on any atom is -0.352 e. The second kappa shape index (κ2) is 6.00. The van der Waals surface area contributed by atoms with Gasteiger partial charge in [-0.3, -0.25) is 9.59 Å². The highest BCUT2D eigenvalue weighted by Crippen LogP contribution is 2.13. The summed E-state index contributed by atoms with van der Waals surface area (Å²) in [5.74, 6) is 1.19.